The molecular weight excluding hydrogens is 257 g/mol. The van der Waals surface area contributed by atoms with Crippen molar-refractivity contribution in [1.29, 1.82) is 0 Å². The molecule has 1 amide bonds. The number of rotatable bonds is 1. The number of piperidine rings is 1. The number of carbonyl (C=O) groups excluding carboxylic acids is 1. The molecule has 0 bridgehead atoms. The van der Waals surface area contributed by atoms with Crippen LogP contribution in [0.25, 0.3) is 5.65 Å². The number of hydrogen-bond donors (Lipinski definition) is 0. The topological polar surface area (TPSA) is 37.6 Å². The van der Waals surface area contributed by atoms with Gasteiger partial charge >= 0.3 is 0 Å². The molecule has 0 unspecified atom stereocenters. The van der Waals surface area contributed by atoms with Gasteiger partial charge in [-0.15, -0.1) is 0 Å². The Balaban J connectivity index is 2.06. The minimum Gasteiger partial charge on any atom is -0.335 e. The summed E-state index contributed by atoms with van der Waals surface area (Å²) in [7, 11) is 0. The van der Waals surface area contributed by atoms with Crippen molar-refractivity contribution >= 4 is 11.6 Å². The van der Waals surface area contributed by atoms with E-state index in [4.69, 9.17) is 0 Å². The quantitative estimate of drug-likeness (QED) is 0.802. The van der Waals surface area contributed by atoms with Crippen LogP contribution < -0.4 is 0 Å². The molecule has 20 heavy (non-hydrogen) atoms. The number of aromatic nitrogens is 2. The Morgan fingerprint density at radius 3 is 2.95 bits per heavy atom. The second-order valence-corrected chi connectivity index (χ2v) is 5.46. The molecule has 1 fully saturated rings. The van der Waals surface area contributed by atoms with Crippen molar-refractivity contribution < 1.29 is 9.18 Å². The zero-order chi connectivity index (χ0) is 14.3. The Morgan fingerprint density at radius 1 is 1.40 bits per heavy atom. The van der Waals surface area contributed by atoms with E-state index in [0.29, 0.717) is 17.0 Å². The van der Waals surface area contributed by atoms with Crippen molar-refractivity contribution in [1.82, 2.24) is 14.3 Å². The zero-order valence-electron chi connectivity index (χ0n) is 11.8. The first-order valence-corrected chi connectivity index (χ1v) is 7.03. The lowest BCUT2D eigenvalue weighted by Crippen LogP contribution is -2.42. The van der Waals surface area contributed by atoms with Crippen LogP contribution in [0.5, 0.6) is 0 Å². The first-order chi connectivity index (χ1) is 9.58. The average molecular weight is 275 g/mol. The first-order valence-electron chi connectivity index (χ1n) is 7.03. The van der Waals surface area contributed by atoms with E-state index in [9.17, 15) is 9.18 Å². The van der Waals surface area contributed by atoms with Crippen molar-refractivity contribution in [2.45, 2.75) is 39.2 Å². The van der Waals surface area contributed by atoms with Gasteiger partial charge in [-0.2, -0.15) is 0 Å². The third-order valence-electron chi connectivity index (χ3n) is 4.02. The predicted octanol–water partition coefficient (Wildman–Crippen LogP) is 2.80. The highest BCUT2D eigenvalue weighted by Crippen LogP contribution is 2.21. The van der Waals surface area contributed by atoms with Gasteiger partial charge in [-0.25, -0.2) is 9.37 Å². The van der Waals surface area contributed by atoms with Crippen LogP contribution in [0.1, 0.15) is 42.4 Å². The summed E-state index contributed by atoms with van der Waals surface area (Å²) in [6.07, 6.45) is 4.54. The maximum Gasteiger partial charge on any atom is 0.273 e. The van der Waals surface area contributed by atoms with Gasteiger partial charge in [-0.3, -0.25) is 9.20 Å². The Hall–Kier alpha value is -1.91. The van der Waals surface area contributed by atoms with Crippen molar-refractivity contribution in [2.75, 3.05) is 6.54 Å². The van der Waals surface area contributed by atoms with E-state index in [1.165, 1.54) is 12.3 Å². The van der Waals surface area contributed by atoms with Crippen LogP contribution in [0.4, 0.5) is 4.39 Å². The van der Waals surface area contributed by atoms with Crippen LogP contribution >= 0.6 is 0 Å². The van der Waals surface area contributed by atoms with E-state index in [2.05, 4.69) is 11.9 Å². The molecule has 0 aliphatic carbocycles. The molecule has 3 heterocycles. The summed E-state index contributed by atoms with van der Waals surface area (Å²) >= 11 is 0. The van der Waals surface area contributed by atoms with E-state index < -0.39 is 0 Å². The summed E-state index contributed by atoms with van der Waals surface area (Å²) < 4.78 is 15.0. The normalized spacial score (nSPS) is 19.6. The number of nitrogens with zero attached hydrogens (tertiary/aromatic N) is 3. The number of fused-ring (bicyclic) bond motifs is 1. The van der Waals surface area contributed by atoms with E-state index in [1.807, 2.05) is 4.90 Å². The number of hydrogen-bond acceptors (Lipinski definition) is 2. The van der Waals surface area contributed by atoms with Crippen LogP contribution in [0.3, 0.4) is 0 Å². The van der Waals surface area contributed by atoms with Gasteiger partial charge < -0.3 is 4.90 Å². The molecule has 3 rings (SSSR count). The minimum absolute atomic E-state index is 0.0483. The van der Waals surface area contributed by atoms with Crippen molar-refractivity contribution in [2.24, 2.45) is 0 Å². The molecule has 4 nitrogen and oxygen atoms in total. The van der Waals surface area contributed by atoms with E-state index in [1.54, 1.807) is 17.4 Å². The minimum atomic E-state index is -0.365. The monoisotopic (exact) mass is 275 g/mol. The number of aryl methyl sites for hydroxylation is 1. The Bertz CT molecular complexity index is 664. The summed E-state index contributed by atoms with van der Waals surface area (Å²) in [5.41, 5.74) is 1.74. The fraction of sp³-hybridized carbons (Fsp3) is 0.467. The number of imidazole rings is 1. The molecule has 0 N–H and O–H groups in total. The van der Waals surface area contributed by atoms with Crippen LogP contribution in [0, 0.1) is 12.7 Å². The second-order valence-electron chi connectivity index (χ2n) is 5.46. The molecule has 1 saturated heterocycles. The lowest BCUT2D eigenvalue weighted by molar-refractivity contribution is 0.0627. The molecular formula is C15H18FN3O. The SMILES string of the molecule is Cc1nc2ccc(F)cn2c1C(=O)N1CCCC[C@@H]1C. The number of pyridine rings is 1. The highest BCUT2D eigenvalue weighted by molar-refractivity contribution is 5.95. The molecule has 0 saturated carbocycles. The van der Waals surface area contributed by atoms with Gasteiger partial charge in [0.2, 0.25) is 0 Å². The summed E-state index contributed by atoms with van der Waals surface area (Å²) in [4.78, 5) is 19.0. The molecule has 1 aliphatic heterocycles. The van der Waals surface area contributed by atoms with Crippen LogP contribution in [0.2, 0.25) is 0 Å². The first kappa shape index (κ1) is 13.1. The molecule has 2 aromatic rings. The molecule has 2 aromatic heterocycles. The maximum absolute atomic E-state index is 13.4. The number of likely N-dealkylation sites (tertiary alicyclic amines) is 1. The fourth-order valence-electron chi connectivity index (χ4n) is 2.93. The van der Waals surface area contributed by atoms with E-state index in [0.717, 1.165) is 25.8 Å². The van der Waals surface area contributed by atoms with Crippen LogP contribution in [-0.2, 0) is 0 Å². The molecule has 1 aliphatic rings. The molecule has 0 aromatic carbocycles. The van der Waals surface area contributed by atoms with Crippen molar-refractivity contribution in [3.05, 3.63) is 35.5 Å². The Morgan fingerprint density at radius 2 is 2.20 bits per heavy atom. The smallest absolute Gasteiger partial charge is 0.273 e. The van der Waals surface area contributed by atoms with Crippen LogP contribution in [-0.4, -0.2) is 32.8 Å². The van der Waals surface area contributed by atoms with Gasteiger partial charge in [0.25, 0.3) is 5.91 Å². The van der Waals surface area contributed by atoms with Gasteiger partial charge in [-0.1, -0.05) is 0 Å². The number of halogens is 1. The van der Waals surface area contributed by atoms with Crippen molar-refractivity contribution in [3.8, 4) is 0 Å². The predicted molar refractivity (Wildman–Crippen MR) is 74.2 cm³/mol. The Kier molecular flexibility index (Phi) is 3.20. The number of amides is 1. The summed E-state index contributed by atoms with van der Waals surface area (Å²) in [5.74, 6) is -0.413. The molecule has 0 radical (unpaired) electrons. The highest BCUT2D eigenvalue weighted by atomic mass is 19.1. The van der Waals surface area contributed by atoms with E-state index in [-0.39, 0.29) is 17.8 Å². The summed E-state index contributed by atoms with van der Waals surface area (Å²) in [6.45, 7) is 4.63. The molecule has 5 heteroatoms. The van der Waals surface area contributed by atoms with Gasteiger partial charge in [0, 0.05) is 18.8 Å². The van der Waals surface area contributed by atoms with Gasteiger partial charge in [0.1, 0.15) is 17.2 Å². The lowest BCUT2D eigenvalue weighted by Gasteiger charge is -2.33. The van der Waals surface area contributed by atoms with Gasteiger partial charge in [0.05, 0.1) is 5.69 Å². The third-order valence-corrected chi connectivity index (χ3v) is 4.02. The molecule has 106 valence electrons. The van der Waals surface area contributed by atoms with E-state index >= 15 is 0 Å². The Labute approximate surface area is 117 Å². The van der Waals surface area contributed by atoms with Gasteiger partial charge in [-0.05, 0) is 45.2 Å². The maximum atomic E-state index is 13.4. The largest absolute Gasteiger partial charge is 0.335 e. The second kappa shape index (κ2) is 4.89. The third kappa shape index (κ3) is 2.07. The number of carbonyl (C=O) groups is 1. The molecule has 0 spiro atoms. The van der Waals surface area contributed by atoms with Crippen LogP contribution in [0.15, 0.2) is 18.3 Å². The average Bonchev–Trinajstić information content (AvgIpc) is 2.74. The van der Waals surface area contributed by atoms with Crippen molar-refractivity contribution in [3.63, 3.8) is 0 Å². The summed E-state index contributed by atoms with van der Waals surface area (Å²) in [5, 5.41) is 0. The standard InChI is InChI=1S/C15H18FN3O/c1-10-5-3-4-8-18(10)15(20)14-11(2)17-13-7-6-12(16)9-19(13)14/h6-7,9-10H,3-5,8H2,1-2H3/t10-/m0/s1. The summed E-state index contributed by atoms with van der Waals surface area (Å²) in [6, 6.07) is 3.19. The fourth-order valence-corrected chi connectivity index (χ4v) is 2.93. The van der Waals surface area contributed by atoms with Gasteiger partial charge in [0.15, 0.2) is 0 Å². The highest BCUT2D eigenvalue weighted by Gasteiger charge is 2.28. The molecule has 1 atom stereocenters. The zero-order valence-corrected chi connectivity index (χ0v) is 11.8. The lowest BCUT2D eigenvalue weighted by atomic mass is 10.0.